The van der Waals surface area contributed by atoms with E-state index in [4.69, 9.17) is 4.74 Å². The van der Waals surface area contributed by atoms with Gasteiger partial charge in [0.25, 0.3) is 11.8 Å². The van der Waals surface area contributed by atoms with Gasteiger partial charge in [-0.05, 0) is 73.9 Å². The van der Waals surface area contributed by atoms with Crippen molar-refractivity contribution < 1.29 is 14.3 Å². The molecule has 0 unspecified atom stereocenters. The van der Waals surface area contributed by atoms with Gasteiger partial charge >= 0.3 is 0 Å². The van der Waals surface area contributed by atoms with Crippen molar-refractivity contribution in [2.24, 2.45) is 0 Å². The Bertz CT molecular complexity index is 1310. The van der Waals surface area contributed by atoms with Gasteiger partial charge in [0.05, 0.1) is 0 Å². The van der Waals surface area contributed by atoms with E-state index in [1.54, 1.807) is 24.3 Å². The summed E-state index contributed by atoms with van der Waals surface area (Å²) in [5, 5.41) is 15.2. The number of hydrogen-bond donors (Lipinski definition) is 2. The number of nitrogens with one attached hydrogen (secondary N) is 2. The fourth-order valence-electron chi connectivity index (χ4n) is 3.19. The smallest absolute Gasteiger partial charge is 0.266 e. The molecule has 0 aliphatic rings. The number of carbonyl (C=O) groups excluding carboxylic acids is 2. The van der Waals surface area contributed by atoms with E-state index in [-0.39, 0.29) is 18.1 Å². The molecule has 0 atom stereocenters. The Kier molecular flexibility index (Phi) is 8.23. The summed E-state index contributed by atoms with van der Waals surface area (Å²) in [6.07, 6.45) is 1.44. The van der Waals surface area contributed by atoms with Crippen LogP contribution in [0.25, 0.3) is 6.08 Å². The third-order valence-corrected chi connectivity index (χ3v) is 5.76. The summed E-state index contributed by atoms with van der Waals surface area (Å²) in [5.74, 6) is -0.476. The Balaban J connectivity index is 1.77. The number of ether oxygens (including phenoxy) is 1. The van der Waals surface area contributed by atoms with Crippen molar-refractivity contribution in [1.29, 1.82) is 5.26 Å². The fraction of sp³-hybridized carbons (Fsp3) is 0.148. The van der Waals surface area contributed by atoms with E-state index >= 15 is 0 Å². The molecular weight excluding hydrogens is 494 g/mol. The topological polar surface area (TPSA) is 91.2 Å². The zero-order valence-corrected chi connectivity index (χ0v) is 20.7. The van der Waals surface area contributed by atoms with Crippen LogP contribution < -0.4 is 15.4 Å². The average Bonchev–Trinajstić information content (AvgIpc) is 2.81. The van der Waals surface area contributed by atoms with Gasteiger partial charge in [-0.1, -0.05) is 46.3 Å². The van der Waals surface area contributed by atoms with E-state index < -0.39 is 5.91 Å². The second-order valence-electron chi connectivity index (χ2n) is 7.71. The van der Waals surface area contributed by atoms with Crippen molar-refractivity contribution in [2.45, 2.75) is 20.8 Å². The van der Waals surface area contributed by atoms with E-state index in [1.165, 1.54) is 6.08 Å². The molecule has 2 N–H and O–H groups in total. The van der Waals surface area contributed by atoms with Gasteiger partial charge in [-0.15, -0.1) is 0 Å². The highest BCUT2D eigenvalue weighted by atomic mass is 79.9. The zero-order chi connectivity index (χ0) is 24.7. The summed E-state index contributed by atoms with van der Waals surface area (Å²) in [5.41, 5.74) is 4.70. The number of amides is 2. The number of aryl methyl sites for hydroxylation is 2. The Labute approximate surface area is 207 Å². The summed E-state index contributed by atoms with van der Waals surface area (Å²) in [7, 11) is 0. The molecule has 3 rings (SSSR count). The van der Waals surface area contributed by atoms with E-state index in [2.05, 4.69) is 26.6 Å². The molecule has 0 fully saturated rings. The van der Waals surface area contributed by atoms with Gasteiger partial charge in [0.2, 0.25) is 0 Å². The molecule has 0 aliphatic carbocycles. The summed E-state index contributed by atoms with van der Waals surface area (Å²) in [6, 6.07) is 20.1. The lowest BCUT2D eigenvalue weighted by Crippen LogP contribution is -2.21. The Morgan fingerprint density at radius 2 is 1.68 bits per heavy atom. The van der Waals surface area contributed by atoms with Crippen LogP contribution in [0.5, 0.6) is 5.75 Å². The van der Waals surface area contributed by atoms with Crippen LogP contribution in [0, 0.1) is 32.1 Å². The van der Waals surface area contributed by atoms with Gasteiger partial charge in [-0.2, -0.15) is 5.26 Å². The van der Waals surface area contributed by atoms with Crippen molar-refractivity contribution in [3.05, 3.63) is 93.0 Å². The highest BCUT2D eigenvalue weighted by Crippen LogP contribution is 2.26. The van der Waals surface area contributed by atoms with E-state index in [0.29, 0.717) is 17.0 Å². The molecule has 0 heterocycles. The molecule has 0 aliphatic heterocycles. The third-order valence-electron chi connectivity index (χ3n) is 5.27. The van der Waals surface area contributed by atoms with Crippen molar-refractivity contribution in [2.75, 3.05) is 17.2 Å². The maximum absolute atomic E-state index is 12.7. The predicted molar refractivity (Wildman–Crippen MR) is 138 cm³/mol. The molecule has 0 saturated carbocycles. The summed E-state index contributed by atoms with van der Waals surface area (Å²) in [4.78, 5) is 25.2. The van der Waals surface area contributed by atoms with Crippen LogP contribution in [-0.4, -0.2) is 18.4 Å². The van der Waals surface area contributed by atoms with Crippen molar-refractivity contribution in [1.82, 2.24) is 0 Å². The van der Waals surface area contributed by atoms with Crippen molar-refractivity contribution in [3.63, 3.8) is 0 Å². The van der Waals surface area contributed by atoms with Crippen molar-refractivity contribution in [3.8, 4) is 11.8 Å². The number of hydrogen-bond acceptors (Lipinski definition) is 4. The van der Waals surface area contributed by atoms with Gasteiger partial charge < -0.3 is 15.4 Å². The molecule has 0 saturated heterocycles. The van der Waals surface area contributed by atoms with Crippen LogP contribution in [0.2, 0.25) is 0 Å². The highest BCUT2D eigenvalue weighted by Gasteiger charge is 2.14. The number of para-hydroxylation sites is 1. The van der Waals surface area contributed by atoms with E-state index in [0.717, 1.165) is 26.9 Å². The van der Waals surface area contributed by atoms with Gasteiger partial charge in [-0.25, -0.2) is 0 Å². The molecule has 6 nitrogen and oxygen atoms in total. The van der Waals surface area contributed by atoms with Crippen LogP contribution >= 0.6 is 15.9 Å². The number of carbonyl (C=O) groups is 2. The average molecular weight is 518 g/mol. The van der Waals surface area contributed by atoms with Gasteiger partial charge in [0.1, 0.15) is 17.4 Å². The molecule has 3 aromatic rings. The van der Waals surface area contributed by atoms with Gasteiger partial charge in [0.15, 0.2) is 6.61 Å². The molecule has 2 amide bonds. The van der Waals surface area contributed by atoms with E-state index in [9.17, 15) is 14.9 Å². The third kappa shape index (κ3) is 6.33. The molecule has 0 spiro atoms. The highest BCUT2D eigenvalue weighted by molar-refractivity contribution is 9.10. The van der Waals surface area contributed by atoms with Gasteiger partial charge in [-0.3, -0.25) is 9.59 Å². The Hall–Kier alpha value is -3.89. The molecule has 0 radical (unpaired) electrons. The van der Waals surface area contributed by atoms with Crippen molar-refractivity contribution >= 4 is 45.2 Å². The number of nitrogens with zero attached hydrogens (tertiary/aromatic N) is 1. The zero-order valence-electron chi connectivity index (χ0n) is 19.1. The monoisotopic (exact) mass is 517 g/mol. The van der Waals surface area contributed by atoms with Crippen LogP contribution in [0.15, 0.2) is 70.7 Å². The second kappa shape index (κ2) is 11.3. The maximum Gasteiger partial charge on any atom is 0.266 e. The summed E-state index contributed by atoms with van der Waals surface area (Å²) in [6.45, 7) is 5.56. The predicted octanol–water partition coefficient (Wildman–Crippen LogP) is 5.94. The molecule has 172 valence electrons. The first-order valence-electron chi connectivity index (χ1n) is 10.6. The normalized spacial score (nSPS) is 10.9. The summed E-state index contributed by atoms with van der Waals surface area (Å²) < 4.78 is 6.48. The largest absolute Gasteiger partial charge is 0.483 e. The number of benzene rings is 3. The molecular formula is C27H24BrN3O3. The molecule has 0 aromatic heterocycles. The molecule has 0 bridgehead atoms. The number of nitriles is 1. The number of halogens is 1. The van der Waals surface area contributed by atoms with Crippen LogP contribution in [0.4, 0.5) is 11.4 Å². The lowest BCUT2D eigenvalue weighted by Gasteiger charge is -2.13. The lowest BCUT2D eigenvalue weighted by molar-refractivity contribution is -0.118. The minimum atomic E-state index is -0.532. The minimum Gasteiger partial charge on any atom is -0.483 e. The maximum atomic E-state index is 12.7. The van der Waals surface area contributed by atoms with Crippen LogP contribution in [0.3, 0.4) is 0 Å². The fourth-order valence-corrected chi connectivity index (χ4v) is 3.57. The van der Waals surface area contributed by atoms with E-state index in [1.807, 2.05) is 63.2 Å². The second-order valence-corrected chi connectivity index (χ2v) is 8.62. The quantitative estimate of drug-likeness (QED) is 0.299. The SMILES string of the molecule is Cc1ccccc1NC(=O)/C(C#N)=C\c1cc(Br)ccc1OCC(=O)Nc1cccc(C)c1C. The number of anilines is 2. The first kappa shape index (κ1) is 24.7. The Morgan fingerprint density at radius 3 is 2.41 bits per heavy atom. The van der Waals surface area contributed by atoms with Crippen LogP contribution in [-0.2, 0) is 9.59 Å². The molecule has 7 heteroatoms. The van der Waals surface area contributed by atoms with Gasteiger partial charge in [0, 0.05) is 21.4 Å². The molecule has 34 heavy (non-hydrogen) atoms. The minimum absolute atomic E-state index is 0.0916. The number of rotatable bonds is 7. The molecule has 3 aromatic carbocycles. The first-order valence-corrected chi connectivity index (χ1v) is 11.3. The lowest BCUT2D eigenvalue weighted by atomic mass is 10.1. The Morgan fingerprint density at radius 1 is 0.971 bits per heavy atom. The summed E-state index contributed by atoms with van der Waals surface area (Å²) >= 11 is 3.40. The first-order chi connectivity index (χ1) is 16.3. The van der Waals surface area contributed by atoms with Crippen LogP contribution in [0.1, 0.15) is 22.3 Å². The standard InChI is InChI=1S/C27H24BrN3O3/c1-17-8-6-10-24(19(17)3)30-26(32)16-34-25-12-11-22(28)14-20(25)13-21(15-29)27(33)31-23-9-5-4-7-18(23)2/h4-14H,16H2,1-3H3,(H,30,32)(H,31,33)/b21-13-.